The molecule has 0 unspecified atom stereocenters. The van der Waals surface area contributed by atoms with E-state index >= 15 is 0 Å². The molecule has 0 amide bonds. The van der Waals surface area contributed by atoms with Crippen molar-refractivity contribution in [1.82, 2.24) is 4.72 Å². The molecule has 3 rings (SSSR count). The van der Waals surface area contributed by atoms with E-state index in [0.29, 0.717) is 5.02 Å². The standard InChI is InChI=1S/C20H16Cl3NO2S/c21-16-11-12-18(17(22)13-16)27(25,26)24-20(15-9-5-2-6-10-15)19(23)14-7-3-1-4-8-14/h1-13,19-20,24H/t19-,20-/m1/s1. The van der Waals surface area contributed by atoms with Gasteiger partial charge in [0.15, 0.2) is 0 Å². The van der Waals surface area contributed by atoms with Crippen LogP contribution in [0.5, 0.6) is 0 Å². The first-order chi connectivity index (χ1) is 12.9. The van der Waals surface area contributed by atoms with Gasteiger partial charge in [0.05, 0.1) is 16.4 Å². The average molecular weight is 441 g/mol. The third-order valence-electron chi connectivity index (χ3n) is 4.03. The third-order valence-corrected chi connectivity index (χ3v) is 6.70. The number of alkyl halides is 1. The third kappa shape index (κ3) is 4.84. The van der Waals surface area contributed by atoms with Crippen molar-refractivity contribution in [2.75, 3.05) is 0 Å². The largest absolute Gasteiger partial charge is 0.242 e. The molecule has 3 nitrogen and oxygen atoms in total. The van der Waals surface area contributed by atoms with Gasteiger partial charge in [0.2, 0.25) is 10.0 Å². The maximum atomic E-state index is 13.0. The average Bonchev–Trinajstić information content (AvgIpc) is 2.67. The molecule has 1 N–H and O–H groups in total. The molecule has 27 heavy (non-hydrogen) atoms. The molecule has 7 heteroatoms. The normalized spacial score (nSPS) is 13.9. The molecule has 0 saturated carbocycles. The quantitative estimate of drug-likeness (QED) is 0.478. The zero-order valence-corrected chi connectivity index (χ0v) is 17.1. The van der Waals surface area contributed by atoms with Crippen molar-refractivity contribution in [1.29, 1.82) is 0 Å². The lowest BCUT2D eigenvalue weighted by atomic mass is 9.99. The van der Waals surface area contributed by atoms with Crippen molar-refractivity contribution in [3.8, 4) is 0 Å². The van der Waals surface area contributed by atoms with Crippen molar-refractivity contribution >= 4 is 44.8 Å². The predicted molar refractivity (Wildman–Crippen MR) is 111 cm³/mol. The van der Waals surface area contributed by atoms with E-state index in [4.69, 9.17) is 34.8 Å². The van der Waals surface area contributed by atoms with Gasteiger partial charge in [-0.1, -0.05) is 83.9 Å². The smallest absolute Gasteiger partial charge is 0.207 e. The molecule has 0 aliphatic rings. The van der Waals surface area contributed by atoms with Crippen LogP contribution < -0.4 is 4.72 Å². The number of benzene rings is 3. The Kier molecular flexibility index (Phi) is 6.45. The molecule has 0 aliphatic carbocycles. The lowest BCUT2D eigenvalue weighted by molar-refractivity contribution is 0.549. The molecule has 0 bridgehead atoms. The Morgan fingerprint density at radius 1 is 0.778 bits per heavy atom. The zero-order valence-electron chi connectivity index (χ0n) is 14.0. The fourth-order valence-corrected chi connectivity index (χ4v) is 5.15. The monoisotopic (exact) mass is 439 g/mol. The Bertz CT molecular complexity index is 1010. The van der Waals surface area contributed by atoms with E-state index in [9.17, 15) is 8.42 Å². The van der Waals surface area contributed by atoms with Crippen molar-refractivity contribution < 1.29 is 8.42 Å². The number of hydrogen-bond donors (Lipinski definition) is 1. The number of sulfonamides is 1. The number of halogens is 3. The first kappa shape index (κ1) is 20.2. The summed E-state index contributed by atoms with van der Waals surface area (Å²) < 4.78 is 28.7. The van der Waals surface area contributed by atoms with Gasteiger partial charge in [0.1, 0.15) is 4.90 Å². The van der Waals surface area contributed by atoms with Gasteiger partial charge in [-0.2, -0.15) is 0 Å². The summed E-state index contributed by atoms with van der Waals surface area (Å²) >= 11 is 18.7. The molecule has 0 aliphatic heterocycles. The van der Waals surface area contributed by atoms with E-state index in [2.05, 4.69) is 4.72 Å². The lowest BCUT2D eigenvalue weighted by Gasteiger charge is -2.24. The van der Waals surface area contributed by atoms with Gasteiger partial charge in [-0.3, -0.25) is 0 Å². The van der Waals surface area contributed by atoms with Crippen LogP contribution in [0.3, 0.4) is 0 Å². The molecule has 2 atom stereocenters. The molecule has 0 fully saturated rings. The van der Waals surface area contributed by atoms with E-state index in [1.165, 1.54) is 18.2 Å². The lowest BCUT2D eigenvalue weighted by Crippen LogP contribution is -2.31. The van der Waals surface area contributed by atoms with E-state index in [0.717, 1.165) is 11.1 Å². The minimum Gasteiger partial charge on any atom is -0.207 e. The van der Waals surface area contributed by atoms with Crippen molar-refractivity contribution in [2.24, 2.45) is 0 Å². The van der Waals surface area contributed by atoms with Crippen molar-refractivity contribution in [2.45, 2.75) is 16.3 Å². The van der Waals surface area contributed by atoms with Gasteiger partial charge in [0.25, 0.3) is 0 Å². The summed E-state index contributed by atoms with van der Waals surface area (Å²) in [5.41, 5.74) is 1.55. The molecule has 0 aromatic heterocycles. The number of hydrogen-bond acceptors (Lipinski definition) is 2. The first-order valence-corrected chi connectivity index (χ1v) is 10.8. The minimum atomic E-state index is -3.93. The Hall–Kier alpha value is -1.56. The summed E-state index contributed by atoms with van der Waals surface area (Å²) in [5, 5.41) is -0.208. The first-order valence-electron chi connectivity index (χ1n) is 8.10. The SMILES string of the molecule is O=S(=O)(N[C@H](c1ccccc1)[C@H](Cl)c1ccccc1)c1ccc(Cl)cc1Cl. The summed E-state index contributed by atoms with van der Waals surface area (Å²) in [7, 11) is -3.93. The molecule has 140 valence electrons. The van der Waals surface area contributed by atoms with Gasteiger partial charge >= 0.3 is 0 Å². The molecular formula is C20H16Cl3NO2S. The van der Waals surface area contributed by atoms with E-state index in [1.807, 2.05) is 60.7 Å². The van der Waals surface area contributed by atoms with Crippen LogP contribution >= 0.6 is 34.8 Å². The van der Waals surface area contributed by atoms with Crippen LogP contribution in [0, 0.1) is 0 Å². The van der Waals surface area contributed by atoms with Crippen LogP contribution in [0.25, 0.3) is 0 Å². The summed E-state index contributed by atoms with van der Waals surface area (Å²) in [5.74, 6) is 0. The van der Waals surface area contributed by atoms with E-state index < -0.39 is 21.4 Å². The second-order valence-electron chi connectivity index (χ2n) is 5.90. The Morgan fingerprint density at radius 3 is 1.89 bits per heavy atom. The van der Waals surface area contributed by atoms with Gasteiger partial charge in [-0.15, -0.1) is 11.6 Å². The minimum absolute atomic E-state index is 0.0487. The molecule has 0 radical (unpaired) electrons. The number of nitrogens with one attached hydrogen (secondary N) is 1. The molecule has 0 saturated heterocycles. The Balaban J connectivity index is 2.01. The predicted octanol–water partition coefficient (Wildman–Crippen LogP) is 5.99. The highest BCUT2D eigenvalue weighted by atomic mass is 35.5. The number of rotatable bonds is 6. The van der Waals surface area contributed by atoms with E-state index in [-0.39, 0.29) is 9.92 Å². The van der Waals surface area contributed by atoms with Crippen LogP contribution in [0.1, 0.15) is 22.5 Å². The Morgan fingerprint density at radius 2 is 1.33 bits per heavy atom. The topological polar surface area (TPSA) is 46.2 Å². The zero-order chi connectivity index (χ0) is 19.4. The maximum absolute atomic E-state index is 13.0. The maximum Gasteiger partial charge on any atom is 0.242 e. The Labute approximate surface area is 173 Å². The van der Waals surface area contributed by atoms with Gasteiger partial charge in [0, 0.05) is 5.02 Å². The highest BCUT2D eigenvalue weighted by Crippen LogP contribution is 2.36. The summed E-state index contributed by atoms with van der Waals surface area (Å²) in [6, 6.07) is 22.1. The molecule has 0 heterocycles. The van der Waals surface area contributed by atoms with E-state index in [1.54, 1.807) is 0 Å². The second-order valence-corrected chi connectivity index (χ2v) is 8.89. The van der Waals surface area contributed by atoms with Gasteiger partial charge in [-0.05, 0) is 29.3 Å². The highest BCUT2D eigenvalue weighted by Gasteiger charge is 2.29. The second kappa shape index (κ2) is 8.63. The molecular weight excluding hydrogens is 425 g/mol. The van der Waals surface area contributed by atoms with Crippen LogP contribution in [-0.2, 0) is 10.0 Å². The van der Waals surface area contributed by atoms with Crippen LogP contribution in [-0.4, -0.2) is 8.42 Å². The van der Waals surface area contributed by atoms with Crippen molar-refractivity contribution in [3.63, 3.8) is 0 Å². The molecule has 0 spiro atoms. The van der Waals surface area contributed by atoms with Gasteiger partial charge in [-0.25, -0.2) is 13.1 Å². The van der Waals surface area contributed by atoms with Crippen LogP contribution in [0.4, 0.5) is 0 Å². The van der Waals surface area contributed by atoms with Gasteiger partial charge < -0.3 is 0 Å². The van der Waals surface area contributed by atoms with Crippen LogP contribution in [0.15, 0.2) is 83.8 Å². The fourth-order valence-electron chi connectivity index (χ4n) is 2.71. The summed E-state index contributed by atoms with van der Waals surface area (Å²) in [4.78, 5) is -0.0496. The fraction of sp³-hybridized carbons (Fsp3) is 0.100. The molecule has 3 aromatic carbocycles. The van der Waals surface area contributed by atoms with Crippen LogP contribution in [0.2, 0.25) is 10.0 Å². The highest BCUT2D eigenvalue weighted by molar-refractivity contribution is 7.89. The molecule has 3 aromatic rings. The summed E-state index contributed by atoms with van der Waals surface area (Å²) in [6.45, 7) is 0. The summed E-state index contributed by atoms with van der Waals surface area (Å²) in [6.07, 6.45) is 0. The van der Waals surface area contributed by atoms with Crippen molar-refractivity contribution in [3.05, 3.63) is 100 Å².